The third-order valence-corrected chi connectivity index (χ3v) is 3.47. The molecule has 1 heterocycles. The third kappa shape index (κ3) is 2.71. The third-order valence-electron chi connectivity index (χ3n) is 3.47. The van der Waals surface area contributed by atoms with Gasteiger partial charge in [-0.25, -0.2) is 10.0 Å². The van der Waals surface area contributed by atoms with Gasteiger partial charge in [-0.15, -0.1) is 0 Å². The highest BCUT2D eigenvalue weighted by atomic mass is 16.7. The Labute approximate surface area is 113 Å². The summed E-state index contributed by atoms with van der Waals surface area (Å²) in [5.41, 5.74) is 2.07. The smallest absolute Gasteiger partial charge is 0.246 e. The van der Waals surface area contributed by atoms with Crippen LogP contribution in [-0.4, -0.2) is 30.2 Å². The van der Waals surface area contributed by atoms with Crippen molar-refractivity contribution < 1.29 is 14.4 Å². The highest BCUT2D eigenvalue weighted by Gasteiger charge is 2.30. The molecule has 1 aliphatic carbocycles. The van der Waals surface area contributed by atoms with E-state index in [1.807, 2.05) is 19.1 Å². The zero-order chi connectivity index (χ0) is 13.8. The van der Waals surface area contributed by atoms with Crippen molar-refractivity contribution in [2.45, 2.75) is 38.6 Å². The number of pyridine rings is 1. The number of aryl methyl sites for hydroxylation is 1. The molecule has 0 aliphatic heterocycles. The van der Waals surface area contributed by atoms with Crippen LogP contribution in [-0.2, 0) is 16.1 Å². The maximum atomic E-state index is 11.9. The summed E-state index contributed by atoms with van der Waals surface area (Å²) in [6, 6.07) is 3.78. The van der Waals surface area contributed by atoms with Crippen LogP contribution in [0, 0.1) is 0 Å². The van der Waals surface area contributed by atoms with Crippen LogP contribution in [0.25, 0.3) is 0 Å². The van der Waals surface area contributed by atoms with Crippen LogP contribution in [0.2, 0.25) is 0 Å². The summed E-state index contributed by atoms with van der Waals surface area (Å²) in [6.07, 6.45) is 3.25. The molecule has 0 bridgehead atoms. The zero-order valence-corrected chi connectivity index (χ0v) is 11.7. The van der Waals surface area contributed by atoms with Gasteiger partial charge in [0, 0.05) is 18.2 Å². The Morgan fingerprint density at radius 1 is 1.47 bits per heavy atom. The molecular formula is C14H20N2O3. The van der Waals surface area contributed by atoms with E-state index in [1.54, 1.807) is 14.2 Å². The van der Waals surface area contributed by atoms with Crippen LogP contribution in [0.3, 0.4) is 0 Å². The first-order chi connectivity index (χ1) is 9.21. The lowest BCUT2D eigenvalue weighted by Crippen LogP contribution is -2.35. The first-order valence-electron chi connectivity index (χ1n) is 6.61. The van der Waals surface area contributed by atoms with Gasteiger partial charge in [-0.3, -0.25) is 9.63 Å². The van der Waals surface area contributed by atoms with Crippen LogP contribution in [0.4, 0.5) is 0 Å². The van der Waals surface area contributed by atoms with Gasteiger partial charge in [0.15, 0.2) is 0 Å². The van der Waals surface area contributed by atoms with Gasteiger partial charge < -0.3 is 4.74 Å². The normalized spacial score (nSPS) is 17.7. The van der Waals surface area contributed by atoms with Gasteiger partial charge in [-0.1, -0.05) is 6.92 Å². The summed E-state index contributed by atoms with van der Waals surface area (Å²) in [6.45, 7) is 1.84. The second kappa shape index (κ2) is 6.02. The Morgan fingerprint density at radius 2 is 2.26 bits per heavy atom. The number of hydrogen-bond acceptors (Lipinski definition) is 4. The van der Waals surface area contributed by atoms with Crippen LogP contribution in [0.5, 0.6) is 5.88 Å². The Bertz CT molecular complexity index is 462. The summed E-state index contributed by atoms with van der Waals surface area (Å²) in [5, 5.41) is 1.48. The van der Waals surface area contributed by atoms with Crippen molar-refractivity contribution in [1.82, 2.24) is 10.0 Å². The van der Waals surface area contributed by atoms with Crippen molar-refractivity contribution in [2.75, 3.05) is 14.2 Å². The molecule has 19 heavy (non-hydrogen) atoms. The summed E-state index contributed by atoms with van der Waals surface area (Å²) in [7, 11) is 3.15. The van der Waals surface area contributed by atoms with Crippen molar-refractivity contribution in [2.24, 2.45) is 0 Å². The Balaban J connectivity index is 2.33. The van der Waals surface area contributed by atoms with Gasteiger partial charge in [0.1, 0.15) is 0 Å². The summed E-state index contributed by atoms with van der Waals surface area (Å²) in [4.78, 5) is 21.7. The van der Waals surface area contributed by atoms with E-state index in [0.29, 0.717) is 12.3 Å². The van der Waals surface area contributed by atoms with Crippen LogP contribution in [0.1, 0.15) is 43.5 Å². The first-order valence-corrected chi connectivity index (χ1v) is 6.61. The van der Waals surface area contributed by atoms with Crippen molar-refractivity contribution in [3.05, 3.63) is 23.4 Å². The fourth-order valence-electron chi connectivity index (χ4n) is 2.53. The number of carbonyl (C=O) groups excluding carboxylic acids is 1. The predicted octanol–water partition coefficient (Wildman–Crippen LogP) is 2.27. The summed E-state index contributed by atoms with van der Waals surface area (Å²) in [5.74, 6) is 0.612. The molecule has 1 aromatic heterocycles. The number of methoxy groups -OCH3 is 1. The van der Waals surface area contributed by atoms with E-state index in [2.05, 4.69) is 4.98 Å². The maximum Gasteiger partial charge on any atom is 0.246 e. The molecular weight excluding hydrogens is 244 g/mol. The van der Waals surface area contributed by atoms with Crippen molar-refractivity contribution in [3.63, 3.8) is 0 Å². The van der Waals surface area contributed by atoms with Crippen LogP contribution >= 0.6 is 0 Å². The van der Waals surface area contributed by atoms with Crippen molar-refractivity contribution >= 4 is 5.91 Å². The lowest BCUT2D eigenvalue weighted by molar-refractivity contribution is -0.190. The minimum Gasteiger partial charge on any atom is -0.481 e. The first kappa shape index (κ1) is 13.8. The van der Waals surface area contributed by atoms with Gasteiger partial charge in [-0.05, 0) is 30.9 Å². The molecule has 5 nitrogen and oxygen atoms in total. The van der Waals surface area contributed by atoms with E-state index in [4.69, 9.17) is 9.57 Å². The molecule has 0 fully saturated rings. The SMILES string of the molecule is CCC(=O)N(OC)C1CCCc2nc(OC)ccc21. The average molecular weight is 264 g/mol. The molecule has 5 heteroatoms. The molecule has 0 aromatic carbocycles. The Morgan fingerprint density at radius 3 is 2.89 bits per heavy atom. The maximum absolute atomic E-state index is 11.9. The van der Waals surface area contributed by atoms with Crippen LogP contribution in [0.15, 0.2) is 12.1 Å². The lowest BCUT2D eigenvalue weighted by atomic mass is 9.91. The zero-order valence-electron chi connectivity index (χ0n) is 11.7. The average Bonchev–Trinajstić information content (AvgIpc) is 2.47. The predicted molar refractivity (Wildman–Crippen MR) is 70.6 cm³/mol. The number of carbonyl (C=O) groups is 1. The molecule has 1 aromatic rings. The Kier molecular flexibility index (Phi) is 4.37. The largest absolute Gasteiger partial charge is 0.481 e. The molecule has 1 amide bonds. The lowest BCUT2D eigenvalue weighted by Gasteiger charge is -2.33. The van der Waals surface area contributed by atoms with E-state index < -0.39 is 0 Å². The number of hydroxylamine groups is 2. The molecule has 0 saturated carbocycles. The standard InChI is InChI=1S/C14H20N2O3/c1-4-14(17)16(19-3)12-7-5-6-11-10(12)8-9-13(15-11)18-2/h8-9,12H,4-7H2,1-3H3. The van der Waals surface area contributed by atoms with Gasteiger partial charge in [0.05, 0.1) is 20.3 Å². The minimum atomic E-state index is -0.0420. The molecule has 1 atom stereocenters. The number of fused-ring (bicyclic) bond motifs is 1. The van der Waals surface area contributed by atoms with E-state index in [-0.39, 0.29) is 11.9 Å². The topological polar surface area (TPSA) is 51.7 Å². The Hall–Kier alpha value is -1.62. The van der Waals surface area contributed by atoms with Gasteiger partial charge in [0.25, 0.3) is 0 Å². The quantitative estimate of drug-likeness (QED) is 0.783. The van der Waals surface area contributed by atoms with Gasteiger partial charge in [-0.2, -0.15) is 0 Å². The molecule has 104 valence electrons. The fraction of sp³-hybridized carbons (Fsp3) is 0.571. The highest BCUT2D eigenvalue weighted by Crippen LogP contribution is 2.34. The molecule has 0 N–H and O–H groups in total. The van der Waals surface area contributed by atoms with Gasteiger partial charge >= 0.3 is 0 Å². The number of nitrogens with zero attached hydrogens (tertiary/aromatic N) is 2. The van der Waals surface area contributed by atoms with Crippen LogP contribution < -0.4 is 4.74 Å². The second-order valence-electron chi connectivity index (χ2n) is 4.55. The monoisotopic (exact) mass is 264 g/mol. The van der Waals surface area contributed by atoms with Gasteiger partial charge in [0.2, 0.25) is 11.8 Å². The summed E-state index contributed by atoms with van der Waals surface area (Å²) >= 11 is 0. The van der Waals surface area contributed by atoms with E-state index in [9.17, 15) is 4.79 Å². The van der Waals surface area contributed by atoms with E-state index in [0.717, 1.165) is 30.5 Å². The van der Waals surface area contributed by atoms with E-state index >= 15 is 0 Å². The minimum absolute atomic E-state index is 0.00355. The molecule has 1 aliphatic rings. The molecule has 2 rings (SSSR count). The van der Waals surface area contributed by atoms with Crippen molar-refractivity contribution in [1.29, 1.82) is 0 Å². The number of rotatable bonds is 4. The second-order valence-corrected chi connectivity index (χ2v) is 4.55. The van der Waals surface area contributed by atoms with Crippen molar-refractivity contribution in [3.8, 4) is 5.88 Å². The summed E-state index contributed by atoms with van der Waals surface area (Å²) < 4.78 is 5.15. The van der Waals surface area contributed by atoms with E-state index in [1.165, 1.54) is 5.06 Å². The fourth-order valence-corrected chi connectivity index (χ4v) is 2.53. The molecule has 0 saturated heterocycles. The number of hydrogen-bond donors (Lipinski definition) is 0. The highest BCUT2D eigenvalue weighted by molar-refractivity contribution is 5.75. The number of aromatic nitrogens is 1. The number of ether oxygens (including phenoxy) is 1. The molecule has 0 radical (unpaired) electrons. The molecule has 1 unspecified atom stereocenters. The number of amides is 1. The molecule has 0 spiro atoms.